The number of aryl methyl sites for hydroxylation is 1. The van der Waals surface area contributed by atoms with Gasteiger partial charge in [0.1, 0.15) is 0 Å². The lowest BCUT2D eigenvalue weighted by atomic mass is 10.0. The molecule has 0 saturated carbocycles. The van der Waals surface area contributed by atoms with E-state index in [0.717, 1.165) is 29.0 Å². The van der Waals surface area contributed by atoms with E-state index >= 15 is 0 Å². The third kappa shape index (κ3) is 2.29. The second-order valence-electron chi connectivity index (χ2n) is 4.96. The Morgan fingerprint density at radius 1 is 1.35 bits per heavy atom. The van der Waals surface area contributed by atoms with Crippen LogP contribution >= 0.6 is 11.3 Å². The summed E-state index contributed by atoms with van der Waals surface area (Å²) >= 11 is 1.64. The van der Waals surface area contributed by atoms with Crippen LogP contribution in [0.15, 0.2) is 28.6 Å². The van der Waals surface area contributed by atoms with Crippen molar-refractivity contribution in [3.05, 3.63) is 33.9 Å². The maximum atomic E-state index is 11.6. The number of fused-ring (bicyclic) bond motifs is 1. The number of amides is 1. The average molecular weight is 287 g/mol. The predicted octanol–water partition coefficient (Wildman–Crippen LogP) is 2.56. The molecular weight excluding hydrogens is 270 g/mol. The Morgan fingerprint density at radius 2 is 2.20 bits per heavy atom. The number of nitrogens with zero attached hydrogens (tertiary/aromatic N) is 2. The second kappa shape index (κ2) is 5.25. The van der Waals surface area contributed by atoms with Gasteiger partial charge in [-0.05, 0) is 36.1 Å². The highest BCUT2D eigenvalue weighted by atomic mass is 32.1. The molecule has 1 N–H and O–H groups in total. The van der Waals surface area contributed by atoms with Crippen molar-refractivity contribution in [3.8, 4) is 11.3 Å². The van der Waals surface area contributed by atoms with Gasteiger partial charge in [0.15, 0.2) is 4.80 Å². The summed E-state index contributed by atoms with van der Waals surface area (Å²) in [6.45, 7) is 0. The molecule has 0 fully saturated rings. The predicted molar refractivity (Wildman–Crippen MR) is 81.8 cm³/mol. The van der Waals surface area contributed by atoms with E-state index in [2.05, 4.69) is 32.4 Å². The van der Waals surface area contributed by atoms with Gasteiger partial charge in [-0.2, -0.15) is 0 Å². The van der Waals surface area contributed by atoms with Crippen LogP contribution in [0.4, 0.5) is 5.69 Å². The van der Waals surface area contributed by atoms with Gasteiger partial charge in [-0.3, -0.25) is 9.79 Å². The zero-order chi connectivity index (χ0) is 14.1. The van der Waals surface area contributed by atoms with Crippen LogP contribution < -0.4 is 10.1 Å². The molecule has 0 spiro atoms. The summed E-state index contributed by atoms with van der Waals surface area (Å²) in [6, 6.07) is 6.25. The highest BCUT2D eigenvalue weighted by Crippen LogP contribution is 2.28. The molecule has 0 aliphatic carbocycles. The molecule has 2 heterocycles. The van der Waals surface area contributed by atoms with Crippen LogP contribution in [-0.2, 0) is 18.3 Å². The third-order valence-electron chi connectivity index (χ3n) is 3.64. The minimum Gasteiger partial charge on any atom is -0.326 e. The molecule has 1 aliphatic heterocycles. The number of thiazole rings is 1. The van der Waals surface area contributed by atoms with Crippen molar-refractivity contribution in [1.29, 1.82) is 0 Å². The first-order chi connectivity index (χ1) is 9.69. The summed E-state index contributed by atoms with van der Waals surface area (Å²) in [5.41, 5.74) is 4.51. The first-order valence-electron chi connectivity index (χ1n) is 6.69. The number of nitrogens with one attached hydrogen (secondary N) is 1. The van der Waals surface area contributed by atoms with E-state index in [1.807, 2.05) is 20.2 Å². The van der Waals surface area contributed by atoms with E-state index in [1.165, 1.54) is 11.1 Å². The van der Waals surface area contributed by atoms with E-state index in [-0.39, 0.29) is 5.91 Å². The maximum Gasteiger partial charge on any atom is 0.224 e. The maximum absolute atomic E-state index is 11.6. The van der Waals surface area contributed by atoms with E-state index in [4.69, 9.17) is 0 Å². The number of hydrogen-bond donors (Lipinski definition) is 1. The summed E-state index contributed by atoms with van der Waals surface area (Å²) in [7, 11) is 3.84. The SMILES string of the molecule is CN=c1scc(-c2ccc3c(c2)CCCC(=O)N3)n1C. The molecular formula is C15H17N3OS. The smallest absolute Gasteiger partial charge is 0.224 e. The van der Waals surface area contributed by atoms with Crippen LogP contribution in [-0.4, -0.2) is 17.5 Å². The average Bonchev–Trinajstić information content (AvgIpc) is 2.70. The van der Waals surface area contributed by atoms with Crippen molar-refractivity contribution in [2.75, 3.05) is 12.4 Å². The number of rotatable bonds is 1. The van der Waals surface area contributed by atoms with Gasteiger partial charge in [-0.1, -0.05) is 6.07 Å². The molecule has 5 heteroatoms. The molecule has 20 heavy (non-hydrogen) atoms. The van der Waals surface area contributed by atoms with Gasteiger partial charge >= 0.3 is 0 Å². The van der Waals surface area contributed by atoms with Crippen molar-refractivity contribution in [2.24, 2.45) is 12.0 Å². The van der Waals surface area contributed by atoms with E-state index in [0.29, 0.717) is 6.42 Å². The van der Waals surface area contributed by atoms with Crippen molar-refractivity contribution in [1.82, 2.24) is 4.57 Å². The first-order valence-corrected chi connectivity index (χ1v) is 7.57. The molecule has 0 radical (unpaired) electrons. The summed E-state index contributed by atoms with van der Waals surface area (Å²) in [6.07, 6.45) is 2.46. The number of benzene rings is 1. The molecule has 0 unspecified atom stereocenters. The molecule has 1 amide bonds. The monoisotopic (exact) mass is 287 g/mol. The number of anilines is 1. The summed E-state index contributed by atoms with van der Waals surface area (Å²) in [5, 5.41) is 5.09. The zero-order valence-corrected chi connectivity index (χ0v) is 12.5. The molecule has 0 atom stereocenters. The number of carbonyl (C=O) groups is 1. The summed E-state index contributed by atoms with van der Waals surface area (Å²) < 4.78 is 2.10. The Balaban J connectivity index is 2.06. The zero-order valence-electron chi connectivity index (χ0n) is 11.6. The Labute approximate surface area is 121 Å². The van der Waals surface area contributed by atoms with Crippen molar-refractivity contribution >= 4 is 22.9 Å². The molecule has 2 aromatic rings. The van der Waals surface area contributed by atoms with Gasteiger partial charge in [-0.15, -0.1) is 11.3 Å². The quantitative estimate of drug-likeness (QED) is 0.861. The number of carbonyl (C=O) groups excluding carboxylic acids is 1. The molecule has 3 rings (SSSR count). The Bertz CT molecular complexity index is 727. The fraction of sp³-hybridized carbons (Fsp3) is 0.333. The van der Waals surface area contributed by atoms with E-state index < -0.39 is 0 Å². The fourth-order valence-corrected chi connectivity index (χ4v) is 3.44. The van der Waals surface area contributed by atoms with Crippen molar-refractivity contribution < 1.29 is 4.79 Å². The van der Waals surface area contributed by atoms with E-state index in [9.17, 15) is 4.79 Å². The topological polar surface area (TPSA) is 46.4 Å². The third-order valence-corrected chi connectivity index (χ3v) is 4.65. The molecule has 0 saturated heterocycles. The fourth-order valence-electron chi connectivity index (χ4n) is 2.57. The normalized spacial score (nSPS) is 15.7. The lowest BCUT2D eigenvalue weighted by molar-refractivity contribution is -0.116. The standard InChI is InChI=1S/C15H17N3OS/c1-16-15-18(2)13(9-20-15)11-6-7-12-10(8-11)4-3-5-14(19)17-12/h6-9H,3-5H2,1-2H3,(H,17,19). The van der Waals surface area contributed by atoms with Crippen LogP contribution in [0.2, 0.25) is 0 Å². The van der Waals surface area contributed by atoms with Crippen LogP contribution in [0.5, 0.6) is 0 Å². The number of hydrogen-bond acceptors (Lipinski definition) is 3. The van der Waals surface area contributed by atoms with Crippen LogP contribution in [0.25, 0.3) is 11.3 Å². The molecule has 0 bridgehead atoms. The van der Waals surface area contributed by atoms with Crippen LogP contribution in [0.3, 0.4) is 0 Å². The van der Waals surface area contributed by atoms with Crippen molar-refractivity contribution in [3.63, 3.8) is 0 Å². The Hall–Kier alpha value is -1.88. The second-order valence-corrected chi connectivity index (χ2v) is 5.80. The first kappa shape index (κ1) is 13.1. The highest BCUT2D eigenvalue weighted by molar-refractivity contribution is 7.07. The highest BCUT2D eigenvalue weighted by Gasteiger charge is 2.14. The molecule has 104 valence electrons. The lowest BCUT2D eigenvalue weighted by Crippen LogP contribution is -2.11. The van der Waals surface area contributed by atoms with Gasteiger partial charge in [0.05, 0.1) is 5.69 Å². The lowest BCUT2D eigenvalue weighted by Gasteiger charge is -2.10. The molecule has 4 nitrogen and oxygen atoms in total. The number of aromatic nitrogens is 1. The summed E-state index contributed by atoms with van der Waals surface area (Å²) in [4.78, 5) is 16.8. The minimum atomic E-state index is 0.115. The van der Waals surface area contributed by atoms with Crippen molar-refractivity contribution in [2.45, 2.75) is 19.3 Å². The van der Waals surface area contributed by atoms with Gasteiger partial charge in [0, 0.05) is 31.6 Å². The molecule has 1 aromatic carbocycles. The molecule has 1 aromatic heterocycles. The summed E-state index contributed by atoms with van der Waals surface area (Å²) in [5.74, 6) is 0.115. The van der Waals surface area contributed by atoms with Gasteiger partial charge in [0.2, 0.25) is 5.91 Å². The minimum absolute atomic E-state index is 0.115. The van der Waals surface area contributed by atoms with Crippen LogP contribution in [0, 0.1) is 0 Å². The largest absolute Gasteiger partial charge is 0.326 e. The molecule has 1 aliphatic rings. The Morgan fingerprint density at radius 3 is 2.95 bits per heavy atom. The van der Waals surface area contributed by atoms with Gasteiger partial charge in [-0.25, -0.2) is 0 Å². The van der Waals surface area contributed by atoms with Gasteiger partial charge < -0.3 is 9.88 Å². The van der Waals surface area contributed by atoms with E-state index in [1.54, 1.807) is 11.3 Å². The Kier molecular flexibility index (Phi) is 3.44. The van der Waals surface area contributed by atoms with Gasteiger partial charge in [0.25, 0.3) is 0 Å². The van der Waals surface area contributed by atoms with Crippen LogP contribution in [0.1, 0.15) is 18.4 Å².